The van der Waals surface area contributed by atoms with E-state index >= 15 is 0 Å². The Labute approximate surface area is 119 Å². The third-order valence-electron chi connectivity index (χ3n) is 4.16. The summed E-state index contributed by atoms with van der Waals surface area (Å²) in [5, 5.41) is 0. The number of Topliss-reactive ketones (excluding diaryl/α,β-unsaturated/α-hetero) is 1. The van der Waals surface area contributed by atoms with Gasteiger partial charge in [-0.15, -0.1) is 0 Å². The van der Waals surface area contributed by atoms with E-state index in [1.54, 1.807) is 0 Å². The lowest BCUT2D eigenvalue weighted by molar-refractivity contribution is -0.159. The van der Waals surface area contributed by atoms with Gasteiger partial charge in [0.05, 0.1) is 18.4 Å². The Bertz CT molecular complexity index is 448. The molecule has 112 valence electrons. The molecule has 20 heavy (non-hydrogen) atoms. The molecule has 2 saturated carbocycles. The maximum atomic E-state index is 12.1. The van der Waals surface area contributed by atoms with Crippen molar-refractivity contribution in [3.8, 4) is 0 Å². The van der Waals surface area contributed by atoms with Gasteiger partial charge >= 0.3 is 11.9 Å². The van der Waals surface area contributed by atoms with E-state index in [2.05, 4.69) is 0 Å². The van der Waals surface area contributed by atoms with Crippen molar-refractivity contribution in [1.29, 1.82) is 0 Å². The van der Waals surface area contributed by atoms with Gasteiger partial charge in [-0.05, 0) is 39.5 Å². The van der Waals surface area contributed by atoms with Crippen LogP contribution in [0.3, 0.4) is 0 Å². The molecule has 0 amide bonds. The number of ether oxygens (including phenoxy) is 2. The van der Waals surface area contributed by atoms with Crippen LogP contribution in [0.4, 0.5) is 0 Å². The van der Waals surface area contributed by atoms with E-state index in [-0.39, 0.29) is 36.0 Å². The minimum Gasteiger partial charge on any atom is -0.469 e. The molecule has 2 aliphatic rings. The highest BCUT2D eigenvalue weighted by Crippen LogP contribution is 2.58. The molecule has 0 N–H and O–H groups in total. The van der Waals surface area contributed by atoms with Crippen molar-refractivity contribution in [2.75, 3.05) is 7.11 Å². The van der Waals surface area contributed by atoms with Gasteiger partial charge in [0, 0.05) is 12.8 Å². The van der Waals surface area contributed by atoms with Gasteiger partial charge in [0.1, 0.15) is 11.4 Å². The number of esters is 2. The first-order valence-electron chi connectivity index (χ1n) is 7.02. The molecule has 0 aromatic rings. The van der Waals surface area contributed by atoms with Crippen molar-refractivity contribution < 1.29 is 23.9 Å². The summed E-state index contributed by atoms with van der Waals surface area (Å²) < 4.78 is 10.2. The maximum absolute atomic E-state index is 12.1. The van der Waals surface area contributed by atoms with E-state index in [1.165, 1.54) is 7.11 Å². The van der Waals surface area contributed by atoms with Crippen molar-refractivity contribution >= 4 is 17.7 Å². The number of rotatable bonds is 3. The van der Waals surface area contributed by atoms with Crippen LogP contribution >= 0.6 is 0 Å². The molecule has 0 saturated heterocycles. The van der Waals surface area contributed by atoms with Crippen molar-refractivity contribution in [2.24, 2.45) is 17.3 Å². The van der Waals surface area contributed by atoms with Crippen LogP contribution in [0.5, 0.6) is 0 Å². The summed E-state index contributed by atoms with van der Waals surface area (Å²) in [5.41, 5.74) is -1.33. The predicted molar refractivity (Wildman–Crippen MR) is 70.7 cm³/mol. The zero-order valence-corrected chi connectivity index (χ0v) is 12.5. The molecule has 2 aliphatic carbocycles. The molecule has 0 aromatic heterocycles. The summed E-state index contributed by atoms with van der Waals surface area (Å²) in [4.78, 5) is 35.7. The first-order chi connectivity index (χ1) is 9.19. The summed E-state index contributed by atoms with van der Waals surface area (Å²) in [7, 11) is 1.33. The van der Waals surface area contributed by atoms with E-state index in [0.717, 1.165) is 0 Å². The third-order valence-corrected chi connectivity index (χ3v) is 4.16. The largest absolute Gasteiger partial charge is 0.469 e. The number of carbonyl (C=O) groups is 3. The lowest BCUT2D eigenvalue weighted by atomic mass is 9.80. The standard InChI is InChI=1S/C15H22O5/c1-14(2,3)20-12(17)10-7-11(10)15(13(18)19-4)6-5-9(16)8-15/h10-11H,5-8H2,1-4H3. The Hall–Kier alpha value is -1.39. The second kappa shape index (κ2) is 4.86. The van der Waals surface area contributed by atoms with Crippen molar-refractivity contribution in [2.45, 2.75) is 52.1 Å². The van der Waals surface area contributed by atoms with Gasteiger partial charge in [0.15, 0.2) is 0 Å². The van der Waals surface area contributed by atoms with Gasteiger partial charge in [0.25, 0.3) is 0 Å². The molecule has 0 radical (unpaired) electrons. The summed E-state index contributed by atoms with van der Waals surface area (Å²) in [6, 6.07) is 0. The summed E-state index contributed by atoms with van der Waals surface area (Å²) in [6.45, 7) is 5.45. The van der Waals surface area contributed by atoms with Crippen LogP contribution in [0, 0.1) is 17.3 Å². The first-order valence-corrected chi connectivity index (χ1v) is 7.02. The van der Waals surface area contributed by atoms with Crippen LogP contribution in [0.25, 0.3) is 0 Å². The fourth-order valence-corrected chi connectivity index (χ4v) is 3.18. The molecule has 3 unspecified atom stereocenters. The van der Waals surface area contributed by atoms with Gasteiger partial charge in [-0.1, -0.05) is 0 Å². The Morgan fingerprint density at radius 1 is 1.30 bits per heavy atom. The van der Waals surface area contributed by atoms with Crippen molar-refractivity contribution in [3.05, 3.63) is 0 Å². The van der Waals surface area contributed by atoms with Crippen LogP contribution < -0.4 is 0 Å². The Balaban J connectivity index is 2.09. The van der Waals surface area contributed by atoms with Crippen molar-refractivity contribution in [1.82, 2.24) is 0 Å². The van der Waals surface area contributed by atoms with Crippen LogP contribution in [-0.2, 0) is 23.9 Å². The highest BCUT2D eigenvalue weighted by Gasteiger charge is 2.63. The smallest absolute Gasteiger partial charge is 0.312 e. The fraction of sp³-hybridized carbons (Fsp3) is 0.800. The molecular formula is C15H22O5. The molecule has 5 nitrogen and oxygen atoms in total. The second-order valence-electron chi connectivity index (χ2n) is 6.85. The lowest BCUT2D eigenvalue weighted by Gasteiger charge is -2.26. The topological polar surface area (TPSA) is 69.7 Å². The minimum atomic E-state index is -0.798. The number of carbonyl (C=O) groups excluding carboxylic acids is 3. The third kappa shape index (κ3) is 2.72. The lowest BCUT2D eigenvalue weighted by Crippen LogP contribution is -2.34. The molecule has 5 heteroatoms. The predicted octanol–water partition coefficient (Wildman–Crippen LogP) is 1.88. The number of hydrogen-bond acceptors (Lipinski definition) is 5. The average Bonchev–Trinajstić information content (AvgIpc) is 3.05. The molecule has 0 bridgehead atoms. The molecule has 2 fully saturated rings. The van der Waals surface area contributed by atoms with Gasteiger partial charge in [-0.25, -0.2) is 0 Å². The van der Waals surface area contributed by atoms with Gasteiger partial charge in [-0.3, -0.25) is 14.4 Å². The van der Waals surface area contributed by atoms with Gasteiger partial charge in [-0.2, -0.15) is 0 Å². The van der Waals surface area contributed by atoms with E-state index in [9.17, 15) is 14.4 Å². The molecule has 0 aliphatic heterocycles. The Morgan fingerprint density at radius 3 is 2.40 bits per heavy atom. The van der Waals surface area contributed by atoms with Crippen molar-refractivity contribution in [3.63, 3.8) is 0 Å². The van der Waals surface area contributed by atoms with Crippen LogP contribution in [0.15, 0.2) is 0 Å². The summed E-state index contributed by atoms with van der Waals surface area (Å²) in [5.74, 6) is -0.953. The van der Waals surface area contributed by atoms with Gasteiger partial charge in [0.2, 0.25) is 0 Å². The highest BCUT2D eigenvalue weighted by molar-refractivity contribution is 5.92. The monoisotopic (exact) mass is 282 g/mol. The zero-order valence-electron chi connectivity index (χ0n) is 12.5. The van der Waals surface area contributed by atoms with Crippen LogP contribution in [0.2, 0.25) is 0 Å². The summed E-state index contributed by atoms with van der Waals surface area (Å²) in [6.07, 6.45) is 1.69. The normalized spacial score (nSPS) is 32.9. The summed E-state index contributed by atoms with van der Waals surface area (Å²) >= 11 is 0. The number of hydrogen-bond donors (Lipinski definition) is 0. The Kier molecular flexibility index (Phi) is 3.65. The van der Waals surface area contributed by atoms with Crippen LogP contribution in [-0.4, -0.2) is 30.4 Å². The van der Waals surface area contributed by atoms with Gasteiger partial charge < -0.3 is 9.47 Å². The molecular weight excluding hydrogens is 260 g/mol. The fourth-order valence-electron chi connectivity index (χ4n) is 3.18. The van der Waals surface area contributed by atoms with E-state index in [4.69, 9.17) is 9.47 Å². The quantitative estimate of drug-likeness (QED) is 0.739. The average molecular weight is 282 g/mol. The van der Waals surface area contributed by atoms with E-state index < -0.39 is 11.0 Å². The zero-order chi connectivity index (χ0) is 15.1. The first kappa shape index (κ1) is 15.0. The van der Waals surface area contributed by atoms with E-state index in [1.807, 2.05) is 20.8 Å². The maximum Gasteiger partial charge on any atom is 0.312 e. The van der Waals surface area contributed by atoms with E-state index in [0.29, 0.717) is 19.3 Å². The molecule has 0 heterocycles. The number of methoxy groups -OCH3 is 1. The Morgan fingerprint density at radius 2 is 1.95 bits per heavy atom. The molecule has 2 rings (SSSR count). The molecule has 0 aromatic carbocycles. The SMILES string of the molecule is COC(=O)C1(C2CC2C(=O)OC(C)(C)C)CCC(=O)C1. The van der Waals surface area contributed by atoms with Crippen LogP contribution in [0.1, 0.15) is 46.5 Å². The minimum absolute atomic E-state index is 0.0743. The molecule has 3 atom stereocenters. The highest BCUT2D eigenvalue weighted by atomic mass is 16.6. The number of ketones is 1. The second-order valence-corrected chi connectivity index (χ2v) is 6.85. The molecule has 0 spiro atoms.